The highest BCUT2D eigenvalue weighted by molar-refractivity contribution is 5.68. The molecule has 0 N–H and O–H groups in total. The number of likely N-dealkylation sites (tertiary alicyclic amines) is 1. The Hall–Kier alpha value is -1.58. The number of rotatable bonds is 0. The summed E-state index contributed by atoms with van der Waals surface area (Å²) in [6.07, 6.45) is 6.80. The van der Waals surface area contributed by atoms with Crippen molar-refractivity contribution >= 4 is 6.09 Å². The van der Waals surface area contributed by atoms with Gasteiger partial charge < -0.3 is 9.64 Å². The summed E-state index contributed by atoms with van der Waals surface area (Å²) in [5, 5.41) is 0. The van der Waals surface area contributed by atoms with Gasteiger partial charge in [-0.2, -0.15) is 0 Å². The zero-order valence-corrected chi connectivity index (χ0v) is 12.1. The van der Waals surface area contributed by atoms with E-state index in [1.165, 1.54) is 6.42 Å². The number of carbonyl (C=O) groups is 1. The van der Waals surface area contributed by atoms with E-state index in [4.69, 9.17) is 4.74 Å². The molecule has 1 aromatic heterocycles. The molecule has 106 valence electrons. The Morgan fingerprint density at radius 2 is 1.63 bits per heavy atom. The normalized spacial score (nSPS) is 15.2. The van der Waals surface area contributed by atoms with Crippen LogP contribution in [0, 0.1) is 0 Å². The number of amides is 1. The summed E-state index contributed by atoms with van der Waals surface area (Å²) in [7, 11) is 0. The molecule has 1 saturated heterocycles. The van der Waals surface area contributed by atoms with Gasteiger partial charge in [0.25, 0.3) is 0 Å². The number of ether oxygens (including phenoxy) is 1. The van der Waals surface area contributed by atoms with Crippen molar-refractivity contribution in [3.8, 4) is 0 Å². The van der Waals surface area contributed by atoms with Gasteiger partial charge in [-0.15, -0.1) is 0 Å². The fraction of sp³-hybridized carbons (Fsp3) is 0.600. The quantitative estimate of drug-likeness (QED) is 0.720. The van der Waals surface area contributed by atoms with Crippen LogP contribution < -0.4 is 0 Å². The number of nitrogens with zero attached hydrogens (tertiary/aromatic N) is 2. The van der Waals surface area contributed by atoms with Gasteiger partial charge in [0.2, 0.25) is 0 Å². The van der Waals surface area contributed by atoms with E-state index >= 15 is 0 Å². The van der Waals surface area contributed by atoms with E-state index in [2.05, 4.69) is 4.98 Å². The van der Waals surface area contributed by atoms with Crippen molar-refractivity contribution in [1.29, 1.82) is 0 Å². The van der Waals surface area contributed by atoms with E-state index in [0.29, 0.717) is 0 Å². The van der Waals surface area contributed by atoms with Gasteiger partial charge in [0.15, 0.2) is 0 Å². The number of pyridine rings is 1. The molecule has 0 bridgehead atoms. The zero-order chi connectivity index (χ0) is 14.1. The van der Waals surface area contributed by atoms with Gasteiger partial charge in [0.05, 0.1) is 0 Å². The fourth-order valence-electron chi connectivity index (χ4n) is 1.72. The average Bonchev–Trinajstić information content (AvgIpc) is 2.40. The van der Waals surface area contributed by atoms with Gasteiger partial charge in [-0.1, -0.05) is 6.07 Å². The van der Waals surface area contributed by atoms with E-state index < -0.39 is 0 Å². The van der Waals surface area contributed by atoms with E-state index in [0.717, 1.165) is 25.9 Å². The van der Waals surface area contributed by atoms with Crippen LogP contribution in [-0.2, 0) is 4.74 Å². The molecule has 19 heavy (non-hydrogen) atoms. The van der Waals surface area contributed by atoms with E-state index in [9.17, 15) is 4.79 Å². The number of piperidine rings is 1. The summed E-state index contributed by atoms with van der Waals surface area (Å²) in [4.78, 5) is 17.1. The summed E-state index contributed by atoms with van der Waals surface area (Å²) in [5.41, 5.74) is -0.367. The number of hydrogen-bond acceptors (Lipinski definition) is 3. The van der Waals surface area contributed by atoms with Crippen molar-refractivity contribution in [2.45, 2.75) is 45.6 Å². The summed E-state index contributed by atoms with van der Waals surface area (Å²) in [5.74, 6) is 0. The van der Waals surface area contributed by atoms with Crippen LogP contribution in [0.4, 0.5) is 4.79 Å². The fourth-order valence-corrected chi connectivity index (χ4v) is 1.72. The Labute approximate surface area is 115 Å². The minimum Gasteiger partial charge on any atom is -0.444 e. The first-order valence-corrected chi connectivity index (χ1v) is 6.82. The molecule has 0 saturated carbocycles. The summed E-state index contributed by atoms with van der Waals surface area (Å²) >= 11 is 0. The maximum Gasteiger partial charge on any atom is 0.410 e. The highest BCUT2D eigenvalue weighted by Gasteiger charge is 2.22. The Morgan fingerprint density at radius 1 is 1.05 bits per heavy atom. The molecule has 1 fully saturated rings. The van der Waals surface area contributed by atoms with Crippen LogP contribution in [-0.4, -0.2) is 34.7 Å². The molecule has 1 aliphatic rings. The minimum atomic E-state index is -0.367. The molecule has 2 heterocycles. The summed E-state index contributed by atoms with van der Waals surface area (Å²) in [6.45, 7) is 7.41. The van der Waals surface area contributed by atoms with Crippen molar-refractivity contribution in [3.63, 3.8) is 0 Å². The molecular formula is C15H24N2O2. The highest BCUT2D eigenvalue weighted by atomic mass is 16.6. The largest absolute Gasteiger partial charge is 0.444 e. The average molecular weight is 264 g/mol. The molecule has 4 nitrogen and oxygen atoms in total. The minimum absolute atomic E-state index is 0.160. The van der Waals surface area contributed by atoms with Gasteiger partial charge in [-0.25, -0.2) is 4.79 Å². The highest BCUT2D eigenvalue weighted by Crippen LogP contribution is 2.14. The molecule has 0 atom stereocenters. The lowest BCUT2D eigenvalue weighted by atomic mass is 10.1. The van der Waals surface area contributed by atoms with Crippen LogP contribution in [0.5, 0.6) is 0 Å². The number of carbonyl (C=O) groups excluding carboxylic acids is 1. The predicted octanol–water partition coefficient (Wildman–Crippen LogP) is 3.49. The third-order valence-electron chi connectivity index (χ3n) is 2.57. The second-order valence-corrected chi connectivity index (χ2v) is 5.55. The van der Waals surface area contributed by atoms with Crippen LogP contribution in [0.25, 0.3) is 0 Å². The maximum atomic E-state index is 11.5. The second kappa shape index (κ2) is 7.77. The predicted molar refractivity (Wildman–Crippen MR) is 75.9 cm³/mol. The first-order valence-electron chi connectivity index (χ1n) is 6.82. The Bertz CT molecular complexity index is 327. The summed E-state index contributed by atoms with van der Waals surface area (Å²) < 4.78 is 5.26. The molecule has 0 unspecified atom stereocenters. The smallest absolute Gasteiger partial charge is 0.410 e. The lowest BCUT2D eigenvalue weighted by Gasteiger charge is -2.29. The molecule has 1 aliphatic heterocycles. The zero-order valence-electron chi connectivity index (χ0n) is 12.1. The third kappa shape index (κ3) is 7.44. The molecule has 0 aliphatic carbocycles. The number of aromatic nitrogens is 1. The monoisotopic (exact) mass is 264 g/mol. The van der Waals surface area contributed by atoms with Gasteiger partial charge in [-0.05, 0) is 52.2 Å². The molecule has 0 aromatic carbocycles. The first kappa shape index (κ1) is 15.5. The van der Waals surface area contributed by atoms with Crippen molar-refractivity contribution < 1.29 is 9.53 Å². The molecule has 2 rings (SSSR count). The van der Waals surface area contributed by atoms with Crippen LogP contribution in [0.1, 0.15) is 40.0 Å². The Kier molecular flexibility index (Phi) is 6.33. The lowest BCUT2D eigenvalue weighted by molar-refractivity contribution is 0.0216. The lowest BCUT2D eigenvalue weighted by Crippen LogP contribution is -2.39. The SMILES string of the molecule is CC(C)(C)OC(=O)N1CCCCC1.c1ccncc1. The van der Waals surface area contributed by atoms with Crippen LogP contribution in [0.15, 0.2) is 30.6 Å². The van der Waals surface area contributed by atoms with Gasteiger partial charge in [0.1, 0.15) is 5.60 Å². The van der Waals surface area contributed by atoms with E-state index in [1.54, 1.807) is 17.3 Å². The van der Waals surface area contributed by atoms with Crippen LogP contribution in [0.2, 0.25) is 0 Å². The molecule has 0 spiro atoms. The molecule has 0 radical (unpaired) electrons. The number of hydrogen-bond donors (Lipinski definition) is 0. The van der Waals surface area contributed by atoms with E-state index in [1.807, 2.05) is 39.0 Å². The van der Waals surface area contributed by atoms with Crippen molar-refractivity contribution in [1.82, 2.24) is 9.88 Å². The Balaban J connectivity index is 0.000000250. The molecule has 1 amide bonds. The summed E-state index contributed by atoms with van der Waals surface area (Å²) in [6, 6.07) is 5.72. The second-order valence-electron chi connectivity index (χ2n) is 5.55. The molecule has 4 heteroatoms. The van der Waals surface area contributed by atoms with Gasteiger partial charge in [-0.3, -0.25) is 4.98 Å². The van der Waals surface area contributed by atoms with E-state index in [-0.39, 0.29) is 11.7 Å². The van der Waals surface area contributed by atoms with Gasteiger partial charge >= 0.3 is 6.09 Å². The van der Waals surface area contributed by atoms with Crippen molar-refractivity contribution in [2.24, 2.45) is 0 Å². The standard InChI is InChI=1S/C10H19NO2.C5H5N/c1-10(2,3)13-9(12)11-7-5-4-6-8-11;1-2-4-6-5-3-1/h4-8H2,1-3H3;1-5H. The molecule has 1 aromatic rings. The third-order valence-corrected chi connectivity index (χ3v) is 2.57. The maximum absolute atomic E-state index is 11.5. The Morgan fingerprint density at radius 3 is 2.00 bits per heavy atom. The first-order chi connectivity index (χ1) is 8.99. The van der Waals surface area contributed by atoms with Crippen LogP contribution in [0.3, 0.4) is 0 Å². The topological polar surface area (TPSA) is 42.4 Å². The van der Waals surface area contributed by atoms with Gasteiger partial charge in [0, 0.05) is 25.5 Å². The molecular weight excluding hydrogens is 240 g/mol. The van der Waals surface area contributed by atoms with Crippen molar-refractivity contribution in [2.75, 3.05) is 13.1 Å². The van der Waals surface area contributed by atoms with Crippen molar-refractivity contribution in [3.05, 3.63) is 30.6 Å². The van der Waals surface area contributed by atoms with Crippen LogP contribution >= 0.6 is 0 Å².